The van der Waals surface area contributed by atoms with Crippen molar-refractivity contribution in [1.82, 2.24) is 5.32 Å². The normalized spacial score (nSPS) is 14.5. The highest BCUT2D eigenvalue weighted by atomic mass is 35.5. The van der Waals surface area contributed by atoms with Crippen LogP contribution in [0.25, 0.3) is 22.1 Å². The van der Waals surface area contributed by atoms with Gasteiger partial charge in [0.2, 0.25) is 0 Å². The van der Waals surface area contributed by atoms with Gasteiger partial charge in [-0.3, -0.25) is 4.99 Å². The highest BCUT2D eigenvalue weighted by Gasteiger charge is 2.37. The highest BCUT2D eigenvalue weighted by Crippen LogP contribution is 2.39. The monoisotopic (exact) mass is 434 g/mol. The molecule has 3 aromatic rings. The Morgan fingerprint density at radius 3 is 2.03 bits per heavy atom. The van der Waals surface area contributed by atoms with Crippen LogP contribution in [0.4, 0.5) is 26.3 Å². The summed E-state index contributed by atoms with van der Waals surface area (Å²) in [4.78, 5) is 4.22. The lowest BCUT2D eigenvalue weighted by Gasteiger charge is -2.14. The molecule has 1 aliphatic heterocycles. The van der Waals surface area contributed by atoms with E-state index in [9.17, 15) is 26.3 Å². The van der Waals surface area contributed by atoms with E-state index in [4.69, 9.17) is 4.42 Å². The Morgan fingerprint density at radius 1 is 0.828 bits per heavy atom. The summed E-state index contributed by atoms with van der Waals surface area (Å²) < 4.78 is 84.1. The molecular formula is C19H13ClF6N2O. The fourth-order valence-corrected chi connectivity index (χ4v) is 3.02. The molecule has 0 amide bonds. The van der Waals surface area contributed by atoms with Crippen molar-refractivity contribution < 1.29 is 30.8 Å². The maximum absolute atomic E-state index is 13.1. The van der Waals surface area contributed by atoms with Crippen molar-refractivity contribution in [3.63, 3.8) is 0 Å². The molecule has 0 unspecified atom stereocenters. The topological polar surface area (TPSA) is 37.5 Å². The molecule has 0 atom stereocenters. The SMILES string of the molecule is Cl.FC(F)(F)c1cc(-c2ccc3oc(C4=NCCN4)cc3c2)cc(C(F)(F)F)c1. The zero-order chi connectivity index (χ0) is 20.1. The average molecular weight is 435 g/mol. The second-order valence-electron chi connectivity index (χ2n) is 6.31. The van der Waals surface area contributed by atoms with Gasteiger partial charge in [0.1, 0.15) is 5.58 Å². The van der Waals surface area contributed by atoms with E-state index in [0.29, 0.717) is 47.8 Å². The number of fused-ring (bicyclic) bond motifs is 1. The summed E-state index contributed by atoms with van der Waals surface area (Å²) >= 11 is 0. The lowest BCUT2D eigenvalue weighted by atomic mass is 9.98. The zero-order valence-corrected chi connectivity index (χ0v) is 15.3. The Bertz CT molecular complexity index is 1050. The van der Waals surface area contributed by atoms with Gasteiger partial charge < -0.3 is 9.73 Å². The van der Waals surface area contributed by atoms with Crippen LogP contribution in [0.15, 0.2) is 51.9 Å². The number of aliphatic imine (C=N–C) groups is 1. The average Bonchev–Trinajstić information content (AvgIpc) is 3.28. The quantitative estimate of drug-likeness (QED) is 0.509. The molecule has 10 heteroatoms. The van der Waals surface area contributed by atoms with Gasteiger partial charge in [-0.1, -0.05) is 6.07 Å². The molecule has 4 rings (SSSR count). The van der Waals surface area contributed by atoms with E-state index in [-0.39, 0.29) is 29.6 Å². The van der Waals surface area contributed by atoms with Crippen molar-refractivity contribution >= 4 is 29.2 Å². The van der Waals surface area contributed by atoms with E-state index in [1.54, 1.807) is 6.07 Å². The number of alkyl halides is 6. The first-order valence-corrected chi connectivity index (χ1v) is 8.23. The van der Waals surface area contributed by atoms with Gasteiger partial charge in [-0.2, -0.15) is 26.3 Å². The number of nitrogens with zero attached hydrogens (tertiary/aromatic N) is 1. The highest BCUT2D eigenvalue weighted by molar-refractivity contribution is 6.01. The maximum atomic E-state index is 13.1. The van der Waals surface area contributed by atoms with Crippen LogP contribution in [0.1, 0.15) is 16.9 Å². The van der Waals surface area contributed by atoms with Crippen LogP contribution < -0.4 is 5.32 Å². The van der Waals surface area contributed by atoms with Gasteiger partial charge in [0, 0.05) is 11.9 Å². The van der Waals surface area contributed by atoms with E-state index < -0.39 is 23.5 Å². The summed E-state index contributed by atoms with van der Waals surface area (Å²) in [6.45, 7) is 1.27. The van der Waals surface area contributed by atoms with Crippen molar-refractivity contribution in [2.75, 3.05) is 13.1 Å². The Morgan fingerprint density at radius 2 is 1.48 bits per heavy atom. The van der Waals surface area contributed by atoms with Gasteiger partial charge in [0.25, 0.3) is 0 Å². The maximum Gasteiger partial charge on any atom is 0.416 e. The summed E-state index contributed by atoms with van der Waals surface area (Å²) in [6.07, 6.45) is -9.79. The lowest BCUT2D eigenvalue weighted by molar-refractivity contribution is -0.143. The molecule has 1 aliphatic rings. The molecule has 0 spiro atoms. The molecule has 0 saturated carbocycles. The molecule has 29 heavy (non-hydrogen) atoms. The third-order valence-electron chi connectivity index (χ3n) is 4.34. The van der Waals surface area contributed by atoms with Crippen LogP contribution in [0, 0.1) is 0 Å². The number of benzene rings is 2. The van der Waals surface area contributed by atoms with Gasteiger partial charge >= 0.3 is 12.4 Å². The van der Waals surface area contributed by atoms with E-state index in [1.807, 2.05) is 0 Å². The van der Waals surface area contributed by atoms with Crippen molar-refractivity contribution in [2.45, 2.75) is 12.4 Å². The Hall–Kier alpha value is -2.68. The first-order valence-electron chi connectivity index (χ1n) is 8.23. The zero-order valence-electron chi connectivity index (χ0n) is 14.5. The fourth-order valence-electron chi connectivity index (χ4n) is 3.02. The fraction of sp³-hybridized carbons (Fsp3) is 0.211. The third kappa shape index (κ3) is 4.19. The van der Waals surface area contributed by atoms with Gasteiger partial charge in [-0.05, 0) is 47.5 Å². The van der Waals surface area contributed by atoms with Crippen molar-refractivity contribution in [2.24, 2.45) is 4.99 Å². The number of hydrogen-bond donors (Lipinski definition) is 1. The summed E-state index contributed by atoms with van der Waals surface area (Å²) in [5, 5.41) is 3.59. The van der Waals surface area contributed by atoms with E-state index in [0.717, 1.165) is 0 Å². The van der Waals surface area contributed by atoms with Crippen LogP contribution in [0.3, 0.4) is 0 Å². The Labute approximate surface area is 166 Å². The van der Waals surface area contributed by atoms with Gasteiger partial charge in [0.05, 0.1) is 17.7 Å². The number of hydrogen-bond acceptors (Lipinski definition) is 3. The Kier molecular flexibility index (Phi) is 5.29. The summed E-state index contributed by atoms with van der Waals surface area (Å²) in [6, 6.07) is 7.61. The molecule has 2 aromatic carbocycles. The second kappa shape index (κ2) is 7.29. The van der Waals surface area contributed by atoms with Crippen LogP contribution >= 0.6 is 12.4 Å². The predicted molar refractivity (Wildman–Crippen MR) is 98.3 cm³/mol. The van der Waals surface area contributed by atoms with Crippen molar-refractivity contribution in [1.29, 1.82) is 0 Å². The largest absolute Gasteiger partial charge is 0.453 e. The van der Waals surface area contributed by atoms with Crippen molar-refractivity contribution in [3.8, 4) is 11.1 Å². The standard InChI is InChI=1S/C19H12F6N2O.ClH/c20-18(21,22)13-6-11(7-14(9-13)19(23,24)25)10-1-2-15-12(5-10)8-16(28-15)17-26-3-4-27-17;/h1-2,5-9H,3-4H2,(H,26,27);1H. The number of amidine groups is 1. The molecular weight excluding hydrogens is 422 g/mol. The Balaban J connectivity index is 0.00000240. The number of nitrogens with one attached hydrogen (secondary N) is 1. The molecule has 1 N–H and O–H groups in total. The lowest BCUT2D eigenvalue weighted by Crippen LogP contribution is -2.18. The van der Waals surface area contributed by atoms with E-state index in [2.05, 4.69) is 10.3 Å². The van der Waals surface area contributed by atoms with Crippen LogP contribution in [-0.2, 0) is 12.4 Å². The van der Waals surface area contributed by atoms with Crippen LogP contribution in [-0.4, -0.2) is 18.9 Å². The minimum absolute atomic E-state index is 0. The smallest absolute Gasteiger partial charge is 0.416 e. The summed E-state index contributed by atoms with van der Waals surface area (Å²) in [5.74, 6) is 1.03. The predicted octanol–water partition coefficient (Wildman–Crippen LogP) is 5.91. The van der Waals surface area contributed by atoms with Crippen LogP contribution in [0.2, 0.25) is 0 Å². The molecule has 154 valence electrons. The first kappa shape index (κ1) is 21.0. The van der Waals surface area contributed by atoms with Crippen LogP contribution in [0.5, 0.6) is 0 Å². The molecule has 1 aromatic heterocycles. The number of furan rings is 1. The summed E-state index contributed by atoms with van der Waals surface area (Å²) in [7, 11) is 0. The van der Waals surface area contributed by atoms with Crippen molar-refractivity contribution in [3.05, 3.63) is 59.4 Å². The molecule has 0 radical (unpaired) electrons. The molecule has 2 heterocycles. The molecule has 0 aliphatic carbocycles. The van der Waals surface area contributed by atoms with Gasteiger partial charge in [0.15, 0.2) is 11.6 Å². The molecule has 3 nitrogen and oxygen atoms in total. The third-order valence-corrected chi connectivity index (χ3v) is 4.34. The number of rotatable bonds is 2. The van der Waals surface area contributed by atoms with E-state index in [1.165, 1.54) is 18.2 Å². The van der Waals surface area contributed by atoms with Gasteiger partial charge in [-0.25, -0.2) is 0 Å². The van der Waals surface area contributed by atoms with Gasteiger partial charge in [-0.15, -0.1) is 12.4 Å². The minimum Gasteiger partial charge on any atom is -0.453 e. The molecule has 0 fully saturated rings. The molecule has 0 saturated heterocycles. The number of halogens is 7. The summed E-state index contributed by atoms with van der Waals surface area (Å²) in [5.41, 5.74) is -2.20. The van der Waals surface area contributed by atoms with E-state index >= 15 is 0 Å². The second-order valence-corrected chi connectivity index (χ2v) is 6.31. The minimum atomic E-state index is -4.89. The first-order chi connectivity index (χ1) is 13.1. The molecule has 0 bridgehead atoms.